The van der Waals surface area contributed by atoms with Crippen LogP contribution in [0.15, 0.2) is 48.5 Å². The summed E-state index contributed by atoms with van der Waals surface area (Å²) >= 11 is 0. The van der Waals surface area contributed by atoms with Gasteiger partial charge in [0, 0.05) is 23.9 Å². The number of carbonyl (C=O) groups excluding carboxylic acids is 1. The average molecular weight is 355 g/mol. The van der Waals surface area contributed by atoms with Crippen LogP contribution in [0.2, 0.25) is 0 Å². The second-order valence-electron chi connectivity index (χ2n) is 6.23. The van der Waals surface area contributed by atoms with E-state index in [0.29, 0.717) is 17.8 Å². The first-order chi connectivity index (χ1) is 12.6. The average Bonchev–Trinajstić information content (AvgIpc) is 3.11. The molecule has 1 unspecified atom stereocenters. The van der Waals surface area contributed by atoms with Crippen molar-refractivity contribution in [3.8, 4) is 5.75 Å². The predicted octanol–water partition coefficient (Wildman–Crippen LogP) is 3.21. The monoisotopic (exact) mass is 355 g/mol. The Balaban J connectivity index is 1.69. The number of nitrogens with zero attached hydrogens (tertiary/aromatic N) is 2. The number of likely N-dealkylation sites (tertiary alicyclic amines) is 1. The van der Waals surface area contributed by atoms with Gasteiger partial charge in [0.15, 0.2) is 0 Å². The van der Waals surface area contributed by atoms with E-state index in [1.807, 2.05) is 4.90 Å². The van der Waals surface area contributed by atoms with Crippen molar-refractivity contribution in [2.24, 2.45) is 0 Å². The van der Waals surface area contributed by atoms with E-state index in [4.69, 9.17) is 4.74 Å². The first kappa shape index (κ1) is 17.9. The van der Waals surface area contributed by atoms with Crippen LogP contribution in [0.5, 0.6) is 5.75 Å². The van der Waals surface area contributed by atoms with Gasteiger partial charge in [-0.1, -0.05) is 18.2 Å². The molecule has 1 atom stereocenters. The van der Waals surface area contributed by atoms with Crippen LogP contribution in [0, 0.1) is 10.1 Å². The first-order valence-electron chi connectivity index (χ1n) is 8.50. The molecule has 136 valence electrons. The van der Waals surface area contributed by atoms with Gasteiger partial charge in [-0.3, -0.25) is 19.8 Å². The van der Waals surface area contributed by atoms with Gasteiger partial charge in [-0.25, -0.2) is 0 Å². The lowest BCUT2D eigenvalue weighted by Gasteiger charge is -2.23. The van der Waals surface area contributed by atoms with Crippen LogP contribution < -0.4 is 10.1 Å². The van der Waals surface area contributed by atoms with E-state index in [1.165, 1.54) is 6.07 Å². The second kappa shape index (κ2) is 7.97. The van der Waals surface area contributed by atoms with Gasteiger partial charge in [0.1, 0.15) is 5.75 Å². The molecule has 1 aliphatic rings. The standard InChI is InChI=1S/C19H21N3O4/c1-26-16-10-8-15(9-11-16)20-19(23)18-7-4-12-21(18)13-14-5-2-3-6-17(14)22(24)25/h2-3,5-6,8-11,18H,4,7,12-13H2,1H3,(H,20,23). The first-order valence-corrected chi connectivity index (χ1v) is 8.50. The Morgan fingerprint density at radius 3 is 2.69 bits per heavy atom. The molecule has 7 nitrogen and oxygen atoms in total. The summed E-state index contributed by atoms with van der Waals surface area (Å²) in [6.07, 6.45) is 1.63. The van der Waals surface area contributed by atoms with Crippen LogP contribution in [-0.2, 0) is 11.3 Å². The fourth-order valence-electron chi connectivity index (χ4n) is 3.25. The van der Waals surface area contributed by atoms with Crippen molar-refractivity contribution in [2.45, 2.75) is 25.4 Å². The molecule has 1 heterocycles. The lowest BCUT2D eigenvalue weighted by molar-refractivity contribution is -0.385. The summed E-state index contributed by atoms with van der Waals surface area (Å²) in [5.74, 6) is 0.633. The Labute approximate surface area is 151 Å². The van der Waals surface area contributed by atoms with Crippen LogP contribution in [0.25, 0.3) is 0 Å². The summed E-state index contributed by atoms with van der Waals surface area (Å²) in [5, 5.41) is 14.1. The number of carbonyl (C=O) groups is 1. The minimum Gasteiger partial charge on any atom is -0.497 e. The van der Waals surface area contributed by atoms with Crippen molar-refractivity contribution in [1.82, 2.24) is 4.90 Å². The fourth-order valence-corrected chi connectivity index (χ4v) is 3.25. The van der Waals surface area contributed by atoms with Crippen molar-refractivity contribution < 1.29 is 14.5 Å². The lowest BCUT2D eigenvalue weighted by Crippen LogP contribution is -2.39. The summed E-state index contributed by atoms with van der Waals surface area (Å²) in [6.45, 7) is 1.13. The van der Waals surface area contributed by atoms with E-state index < -0.39 is 0 Å². The highest BCUT2D eigenvalue weighted by atomic mass is 16.6. The summed E-state index contributed by atoms with van der Waals surface area (Å²) in [5.41, 5.74) is 1.42. The highest BCUT2D eigenvalue weighted by Crippen LogP contribution is 2.26. The number of nitro benzene ring substituents is 1. The Morgan fingerprint density at radius 1 is 1.27 bits per heavy atom. The number of ether oxygens (including phenoxy) is 1. The maximum absolute atomic E-state index is 12.7. The zero-order valence-corrected chi connectivity index (χ0v) is 14.6. The highest BCUT2D eigenvalue weighted by molar-refractivity contribution is 5.95. The zero-order chi connectivity index (χ0) is 18.5. The van der Waals surface area contributed by atoms with Crippen LogP contribution >= 0.6 is 0 Å². The topological polar surface area (TPSA) is 84.7 Å². The van der Waals surface area contributed by atoms with Crippen LogP contribution in [0.3, 0.4) is 0 Å². The summed E-state index contributed by atoms with van der Waals surface area (Å²) in [4.78, 5) is 25.5. The SMILES string of the molecule is COc1ccc(NC(=O)C2CCCN2Cc2ccccc2[N+](=O)[O-])cc1. The van der Waals surface area contributed by atoms with Crippen molar-refractivity contribution in [3.63, 3.8) is 0 Å². The van der Waals surface area contributed by atoms with E-state index in [1.54, 1.807) is 49.6 Å². The number of hydrogen-bond donors (Lipinski definition) is 1. The maximum Gasteiger partial charge on any atom is 0.273 e. The molecular weight excluding hydrogens is 334 g/mol. The van der Waals surface area contributed by atoms with Crippen molar-refractivity contribution >= 4 is 17.3 Å². The van der Waals surface area contributed by atoms with E-state index in [-0.39, 0.29) is 22.6 Å². The lowest BCUT2D eigenvalue weighted by atomic mass is 10.1. The van der Waals surface area contributed by atoms with Gasteiger partial charge >= 0.3 is 0 Å². The van der Waals surface area contributed by atoms with Gasteiger partial charge in [-0.05, 0) is 43.7 Å². The molecular formula is C19H21N3O4. The molecule has 0 radical (unpaired) electrons. The zero-order valence-electron chi connectivity index (χ0n) is 14.6. The van der Waals surface area contributed by atoms with Gasteiger partial charge in [-0.2, -0.15) is 0 Å². The third-order valence-electron chi connectivity index (χ3n) is 4.59. The molecule has 1 fully saturated rings. The third-order valence-corrected chi connectivity index (χ3v) is 4.59. The number of amides is 1. The molecule has 2 aromatic carbocycles. The highest BCUT2D eigenvalue weighted by Gasteiger charge is 2.32. The van der Waals surface area contributed by atoms with E-state index in [2.05, 4.69) is 5.32 Å². The van der Waals surface area contributed by atoms with Gasteiger partial charge in [0.05, 0.1) is 18.1 Å². The molecule has 1 N–H and O–H groups in total. The van der Waals surface area contributed by atoms with Gasteiger partial charge in [0.25, 0.3) is 5.69 Å². The smallest absolute Gasteiger partial charge is 0.273 e. The molecule has 26 heavy (non-hydrogen) atoms. The predicted molar refractivity (Wildman–Crippen MR) is 98.2 cm³/mol. The van der Waals surface area contributed by atoms with Crippen molar-refractivity contribution in [1.29, 1.82) is 0 Å². The third kappa shape index (κ3) is 4.00. The molecule has 2 aromatic rings. The summed E-state index contributed by atoms with van der Waals surface area (Å²) in [7, 11) is 1.59. The normalized spacial score (nSPS) is 17.0. The van der Waals surface area contributed by atoms with E-state index in [9.17, 15) is 14.9 Å². The van der Waals surface area contributed by atoms with Gasteiger partial charge < -0.3 is 10.1 Å². The largest absolute Gasteiger partial charge is 0.497 e. The number of hydrogen-bond acceptors (Lipinski definition) is 5. The number of para-hydroxylation sites is 1. The molecule has 0 saturated carbocycles. The Hall–Kier alpha value is -2.93. The summed E-state index contributed by atoms with van der Waals surface area (Å²) < 4.78 is 5.11. The minimum absolute atomic E-state index is 0.0914. The molecule has 7 heteroatoms. The number of nitro groups is 1. The van der Waals surface area contributed by atoms with Gasteiger partial charge in [0.2, 0.25) is 5.91 Å². The van der Waals surface area contributed by atoms with Crippen LogP contribution in [0.4, 0.5) is 11.4 Å². The van der Waals surface area contributed by atoms with Crippen molar-refractivity contribution in [3.05, 3.63) is 64.2 Å². The minimum atomic E-state index is -0.377. The number of anilines is 1. The summed E-state index contributed by atoms with van der Waals surface area (Å²) in [6, 6.07) is 13.5. The Kier molecular flexibility index (Phi) is 5.48. The molecule has 0 aromatic heterocycles. The molecule has 1 saturated heterocycles. The number of benzene rings is 2. The fraction of sp³-hybridized carbons (Fsp3) is 0.316. The molecule has 1 aliphatic heterocycles. The maximum atomic E-state index is 12.7. The molecule has 0 bridgehead atoms. The Bertz CT molecular complexity index is 792. The molecule has 0 spiro atoms. The van der Waals surface area contributed by atoms with Crippen LogP contribution in [0.1, 0.15) is 18.4 Å². The molecule has 3 rings (SSSR count). The van der Waals surface area contributed by atoms with Crippen molar-refractivity contribution in [2.75, 3.05) is 19.0 Å². The number of rotatable bonds is 6. The molecule has 0 aliphatic carbocycles. The van der Waals surface area contributed by atoms with E-state index >= 15 is 0 Å². The number of methoxy groups -OCH3 is 1. The quantitative estimate of drug-likeness (QED) is 0.635. The molecule has 1 amide bonds. The van der Waals surface area contributed by atoms with E-state index in [0.717, 1.165) is 25.1 Å². The van der Waals surface area contributed by atoms with Crippen LogP contribution in [-0.4, -0.2) is 35.4 Å². The number of nitrogens with one attached hydrogen (secondary N) is 1. The second-order valence-corrected chi connectivity index (χ2v) is 6.23. The Morgan fingerprint density at radius 2 is 2.00 bits per heavy atom. The van der Waals surface area contributed by atoms with Gasteiger partial charge in [-0.15, -0.1) is 0 Å².